The molecule has 4 nitrogen and oxygen atoms in total. The minimum atomic E-state index is -1.05. The lowest BCUT2D eigenvalue weighted by atomic mass is 10.1. The van der Waals surface area contributed by atoms with Gasteiger partial charge in [-0.15, -0.1) is 5.10 Å². The fraction of sp³-hybridized carbons (Fsp3) is 0.440. The molecule has 0 aliphatic rings. The minimum absolute atomic E-state index is 0.0411. The summed E-state index contributed by atoms with van der Waals surface area (Å²) in [5.74, 6) is -2.21. The summed E-state index contributed by atoms with van der Waals surface area (Å²) in [6.07, 6.45) is 12.2. The molecule has 168 valence electrons. The number of benzene rings is 1. The lowest BCUT2D eigenvalue weighted by Gasteiger charge is -2.11. The van der Waals surface area contributed by atoms with Crippen LogP contribution in [-0.2, 0) is 4.74 Å². The first-order chi connectivity index (χ1) is 15.1. The Morgan fingerprint density at radius 2 is 1.90 bits per heavy atom. The maximum atomic E-state index is 14.4. The summed E-state index contributed by atoms with van der Waals surface area (Å²) >= 11 is 0. The molecule has 0 amide bonds. The summed E-state index contributed by atoms with van der Waals surface area (Å²) < 4.78 is 39.4. The normalized spacial score (nSPS) is 12.3. The summed E-state index contributed by atoms with van der Waals surface area (Å²) in [5.41, 5.74) is 0.969. The highest BCUT2D eigenvalue weighted by molar-refractivity contribution is 5.62. The van der Waals surface area contributed by atoms with Crippen LogP contribution in [0.2, 0.25) is 0 Å². The van der Waals surface area contributed by atoms with Crippen molar-refractivity contribution in [2.75, 3.05) is 13.2 Å². The van der Waals surface area contributed by atoms with E-state index < -0.39 is 11.6 Å². The number of ether oxygens (including phenoxy) is 2. The zero-order valence-electron chi connectivity index (χ0n) is 18.4. The van der Waals surface area contributed by atoms with Gasteiger partial charge in [0.2, 0.25) is 5.82 Å². The van der Waals surface area contributed by atoms with Crippen molar-refractivity contribution >= 4 is 6.08 Å². The first kappa shape index (κ1) is 24.7. The molecule has 0 aliphatic carbocycles. The van der Waals surface area contributed by atoms with Crippen molar-refractivity contribution in [2.24, 2.45) is 0 Å². The predicted octanol–water partition coefficient (Wildman–Crippen LogP) is 6.77. The van der Waals surface area contributed by atoms with Crippen LogP contribution in [0.5, 0.6) is 5.75 Å². The van der Waals surface area contributed by atoms with E-state index in [1.54, 1.807) is 12.1 Å². The molecular formula is C25H32F2N2O2. The standard InChI is InChI=1S/C25H32F2N2O2/c1-4-6-10-18-30-19(3)11-8-7-9-12-20-13-15-22(29-28-20)21-14-16-23(31-17-5-2)25(27)24(21)26/h5,9,12-16,19H,2,4,6-8,10-11,17-18H2,1,3H3. The van der Waals surface area contributed by atoms with Crippen molar-refractivity contribution in [3.8, 4) is 17.0 Å². The van der Waals surface area contributed by atoms with Gasteiger partial charge in [0.15, 0.2) is 11.6 Å². The molecule has 0 radical (unpaired) electrons. The minimum Gasteiger partial charge on any atom is -0.486 e. The highest BCUT2D eigenvalue weighted by atomic mass is 19.2. The van der Waals surface area contributed by atoms with E-state index in [9.17, 15) is 8.78 Å². The maximum Gasteiger partial charge on any atom is 0.201 e. The number of hydrogen-bond donors (Lipinski definition) is 0. The fourth-order valence-electron chi connectivity index (χ4n) is 3.01. The van der Waals surface area contributed by atoms with E-state index in [1.165, 1.54) is 31.1 Å². The second-order valence-electron chi connectivity index (χ2n) is 7.40. The average molecular weight is 431 g/mol. The third-order valence-corrected chi connectivity index (χ3v) is 4.79. The van der Waals surface area contributed by atoms with E-state index in [0.29, 0.717) is 5.69 Å². The Morgan fingerprint density at radius 1 is 1.06 bits per heavy atom. The van der Waals surface area contributed by atoms with E-state index in [2.05, 4.69) is 30.6 Å². The van der Waals surface area contributed by atoms with Crippen LogP contribution in [0.4, 0.5) is 8.78 Å². The molecule has 1 aromatic heterocycles. The van der Waals surface area contributed by atoms with Crippen molar-refractivity contribution in [3.63, 3.8) is 0 Å². The van der Waals surface area contributed by atoms with Gasteiger partial charge in [0.25, 0.3) is 0 Å². The second kappa shape index (κ2) is 13.7. The molecule has 0 saturated carbocycles. The lowest BCUT2D eigenvalue weighted by molar-refractivity contribution is 0.0566. The Labute approximate surface area is 184 Å². The van der Waals surface area contributed by atoms with Crippen LogP contribution in [0.1, 0.15) is 58.1 Å². The van der Waals surface area contributed by atoms with Gasteiger partial charge in [0.1, 0.15) is 6.61 Å². The number of unbranched alkanes of at least 4 members (excludes halogenated alkanes) is 3. The Morgan fingerprint density at radius 3 is 2.61 bits per heavy atom. The van der Waals surface area contributed by atoms with Gasteiger partial charge in [-0.05, 0) is 62.9 Å². The number of rotatable bonds is 14. The fourth-order valence-corrected chi connectivity index (χ4v) is 3.01. The lowest BCUT2D eigenvalue weighted by Crippen LogP contribution is -2.08. The Hall–Kier alpha value is -2.60. The van der Waals surface area contributed by atoms with E-state index in [1.807, 2.05) is 12.2 Å². The number of halogens is 2. The van der Waals surface area contributed by atoms with Crippen LogP contribution >= 0.6 is 0 Å². The maximum absolute atomic E-state index is 14.4. The van der Waals surface area contributed by atoms with Gasteiger partial charge < -0.3 is 9.47 Å². The third kappa shape index (κ3) is 8.21. The van der Waals surface area contributed by atoms with Crippen molar-refractivity contribution in [1.29, 1.82) is 0 Å². The topological polar surface area (TPSA) is 44.2 Å². The van der Waals surface area contributed by atoms with E-state index in [0.717, 1.165) is 32.3 Å². The van der Waals surface area contributed by atoms with E-state index in [-0.39, 0.29) is 29.7 Å². The zero-order chi connectivity index (χ0) is 22.5. The van der Waals surface area contributed by atoms with Crippen LogP contribution in [-0.4, -0.2) is 29.5 Å². The monoisotopic (exact) mass is 430 g/mol. The molecule has 1 unspecified atom stereocenters. The first-order valence-electron chi connectivity index (χ1n) is 10.9. The second-order valence-corrected chi connectivity index (χ2v) is 7.40. The molecule has 6 heteroatoms. The molecule has 1 aromatic carbocycles. The highest BCUT2D eigenvalue weighted by Gasteiger charge is 2.16. The number of nitrogens with zero attached hydrogens (tertiary/aromatic N) is 2. The largest absolute Gasteiger partial charge is 0.486 e. The summed E-state index contributed by atoms with van der Waals surface area (Å²) in [7, 11) is 0. The molecule has 0 spiro atoms. The van der Waals surface area contributed by atoms with Crippen molar-refractivity contribution in [1.82, 2.24) is 10.2 Å². The van der Waals surface area contributed by atoms with Crippen LogP contribution in [0.25, 0.3) is 17.3 Å². The molecule has 0 N–H and O–H groups in total. The first-order valence-corrected chi connectivity index (χ1v) is 10.9. The molecular weight excluding hydrogens is 398 g/mol. The summed E-state index contributed by atoms with van der Waals surface area (Å²) in [4.78, 5) is 0. The van der Waals surface area contributed by atoms with Gasteiger partial charge in [-0.1, -0.05) is 38.5 Å². The summed E-state index contributed by atoms with van der Waals surface area (Å²) in [5, 5.41) is 8.13. The SMILES string of the molecule is C=CCOc1ccc(-c2ccc(C=CCCCC(C)OCCCCC)nn2)c(F)c1F. The van der Waals surface area contributed by atoms with Gasteiger partial charge in [-0.3, -0.25) is 0 Å². The smallest absolute Gasteiger partial charge is 0.201 e. The third-order valence-electron chi connectivity index (χ3n) is 4.79. The van der Waals surface area contributed by atoms with Gasteiger partial charge in [0, 0.05) is 12.2 Å². The number of hydrogen-bond acceptors (Lipinski definition) is 4. The summed E-state index contributed by atoms with van der Waals surface area (Å²) in [6, 6.07) is 6.17. The van der Waals surface area contributed by atoms with E-state index >= 15 is 0 Å². The molecule has 2 rings (SSSR count). The van der Waals surface area contributed by atoms with Crippen LogP contribution in [0.15, 0.2) is 43.0 Å². The molecule has 0 saturated heterocycles. The van der Waals surface area contributed by atoms with Crippen LogP contribution < -0.4 is 4.74 Å². The Balaban J connectivity index is 1.84. The zero-order valence-corrected chi connectivity index (χ0v) is 18.4. The van der Waals surface area contributed by atoms with Crippen molar-refractivity contribution in [2.45, 2.75) is 58.5 Å². The van der Waals surface area contributed by atoms with Gasteiger partial charge >= 0.3 is 0 Å². The van der Waals surface area contributed by atoms with Crippen LogP contribution in [0.3, 0.4) is 0 Å². The van der Waals surface area contributed by atoms with Crippen LogP contribution in [0, 0.1) is 11.6 Å². The summed E-state index contributed by atoms with van der Waals surface area (Å²) in [6.45, 7) is 8.72. The number of allylic oxidation sites excluding steroid dienone is 1. The molecule has 2 aromatic rings. The quantitative estimate of drug-likeness (QED) is 0.245. The number of aromatic nitrogens is 2. The molecule has 0 fully saturated rings. The molecule has 31 heavy (non-hydrogen) atoms. The highest BCUT2D eigenvalue weighted by Crippen LogP contribution is 2.28. The van der Waals surface area contributed by atoms with Gasteiger partial charge in [-0.25, -0.2) is 4.39 Å². The predicted molar refractivity (Wildman–Crippen MR) is 121 cm³/mol. The Kier molecular flexibility index (Phi) is 10.9. The molecule has 1 heterocycles. The molecule has 0 bridgehead atoms. The molecule has 0 aliphatic heterocycles. The van der Waals surface area contributed by atoms with Crippen molar-refractivity contribution < 1.29 is 18.3 Å². The van der Waals surface area contributed by atoms with Crippen molar-refractivity contribution in [3.05, 3.63) is 60.3 Å². The van der Waals surface area contributed by atoms with Gasteiger partial charge in [0.05, 0.1) is 17.5 Å². The Bertz CT molecular complexity index is 838. The van der Waals surface area contributed by atoms with E-state index in [4.69, 9.17) is 9.47 Å². The molecule has 1 atom stereocenters. The average Bonchev–Trinajstić information content (AvgIpc) is 2.78. The van der Waals surface area contributed by atoms with Gasteiger partial charge in [-0.2, -0.15) is 9.49 Å².